The molecule has 0 aromatic carbocycles. The van der Waals surface area contributed by atoms with Gasteiger partial charge < -0.3 is 25.0 Å². The first kappa shape index (κ1) is 19.8. The van der Waals surface area contributed by atoms with Crippen LogP contribution in [0.25, 0.3) is 0 Å². The number of methoxy groups -OCH3 is 1. The molecule has 2 atom stereocenters. The molecule has 27 heavy (non-hydrogen) atoms. The van der Waals surface area contributed by atoms with E-state index in [1.807, 2.05) is 19.0 Å². The van der Waals surface area contributed by atoms with Gasteiger partial charge >= 0.3 is 0 Å². The van der Waals surface area contributed by atoms with Gasteiger partial charge in [-0.2, -0.15) is 4.98 Å². The third-order valence-electron chi connectivity index (χ3n) is 5.18. The van der Waals surface area contributed by atoms with Crippen molar-refractivity contribution in [2.75, 3.05) is 50.7 Å². The normalized spacial score (nSPS) is 22.3. The van der Waals surface area contributed by atoms with Gasteiger partial charge in [0.15, 0.2) is 0 Å². The number of aromatic nitrogens is 2. The van der Waals surface area contributed by atoms with Gasteiger partial charge in [-0.3, -0.25) is 4.79 Å². The summed E-state index contributed by atoms with van der Waals surface area (Å²) in [5, 5.41) is 13.4. The summed E-state index contributed by atoms with van der Waals surface area (Å²) in [5.74, 6) is 1.57. The number of nitrogens with one attached hydrogen (secondary N) is 1. The number of aliphatic hydroxyl groups is 1. The Morgan fingerprint density at radius 3 is 2.81 bits per heavy atom. The molecule has 2 N–H and O–H groups in total. The van der Waals surface area contributed by atoms with Crippen molar-refractivity contribution in [1.29, 1.82) is 0 Å². The summed E-state index contributed by atoms with van der Waals surface area (Å²) in [7, 11) is 5.47. The maximum Gasteiger partial charge on any atom is 0.227 e. The van der Waals surface area contributed by atoms with Gasteiger partial charge in [0.05, 0.1) is 18.4 Å². The number of piperidine rings is 1. The predicted molar refractivity (Wildman–Crippen MR) is 104 cm³/mol. The van der Waals surface area contributed by atoms with Crippen LogP contribution in [-0.2, 0) is 22.4 Å². The van der Waals surface area contributed by atoms with Gasteiger partial charge in [-0.25, -0.2) is 4.98 Å². The molecule has 8 nitrogen and oxygen atoms in total. The average Bonchev–Trinajstić information content (AvgIpc) is 2.64. The van der Waals surface area contributed by atoms with Gasteiger partial charge in [-0.15, -0.1) is 0 Å². The van der Waals surface area contributed by atoms with Crippen LogP contribution in [0.3, 0.4) is 0 Å². The minimum absolute atomic E-state index is 0.0467. The molecular weight excluding hydrogens is 346 g/mol. The van der Waals surface area contributed by atoms with E-state index < -0.39 is 6.10 Å². The SMILES string of the molecule is COCCC(=O)N[C@H]1C[C@@H](O)CN(c2nc(N(C)C)nc3c2CCCC3)C1. The number of hydrogen-bond acceptors (Lipinski definition) is 7. The molecule has 1 aromatic heterocycles. The lowest BCUT2D eigenvalue weighted by molar-refractivity contribution is -0.122. The molecule has 1 fully saturated rings. The van der Waals surface area contributed by atoms with Crippen LogP contribution in [0.2, 0.25) is 0 Å². The molecule has 0 unspecified atom stereocenters. The lowest BCUT2D eigenvalue weighted by atomic mass is 9.95. The lowest BCUT2D eigenvalue weighted by Gasteiger charge is -2.38. The number of hydrogen-bond donors (Lipinski definition) is 2. The number of amides is 1. The van der Waals surface area contributed by atoms with E-state index in [4.69, 9.17) is 14.7 Å². The van der Waals surface area contributed by atoms with E-state index in [9.17, 15) is 9.90 Å². The molecule has 0 radical (unpaired) electrons. The second kappa shape index (κ2) is 8.84. The monoisotopic (exact) mass is 377 g/mol. The van der Waals surface area contributed by atoms with Crippen molar-refractivity contribution < 1.29 is 14.6 Å². The Labute approximate surface area is 160 Å². The van der Waals surface area contributed by atoms with Gasteiger partial charge in [0.2, 0.25) is 11.9 Å². The molecule has 0 saturated carbocycles. The van der Waals surface area contributed by atoms with Gasteiger partial charge in [0, 0.05) is 52.3 Å². The van der Waals surface area contributed by atoms with E-state index in [0.717, 1.165) is 37.2 Å². The van der Waals surface area contributed by atoms with Gasteiger partial charge in [-0.05, 0) is 32.1 Å². The standard InChI is InChI=1S/C19H31N5O3/c1-23(2)19-21-16-7-5-4-6-15(16)18(22-19)24-11-13(10-14(25)12-24)20-17(26)8-9-27-3/h13-14,25H,4-12H2,1-3H3,(H,20,26)/t13-,14+/m0/s1. The quantitative estimate of drug-likeness (QED) is 0.747. The number of rotatable bonds is 6. The summed E-state index contributed by atoms with van der Waals surface area (Å²) in [4.78, 5) is 25.6. The molecule has 1 amide bonds. The fourth-order valence-corrected chi connectivity index (χ4v) is 3.87. The predicted octanol–water partition coefficient (Wildman–Crippen LogP) is 0.514. The van der Waals surface area contributed by atoms with Crippen LogP contribution in [0.5, 0.6) is 0 Å². The largest absolute Gasteiger partial charge is 0.391 e. The van der Waals surface area contributed by atoms with E-state index in [0.29, 0.717) is 38.5 Å². The van der Waals surface area contributed by atoms with Crippen molar-refractivity contribution in [3.63, 3.8) is 0 Å². The third kappa shape index (κ3) is 4.87. The first-order valence-corrected chi connectivity index (χ1v) is 9.76. The Balaban J connectivity index is 1.82. The molecule has 1 aliphatic heterocycles. The summed E-state index contributed by atoms with van der Waals surface area (Å²) in [6, 6.07) is -0.102. The molecule has 2 aliphatic rings. The van der Waals surface area contributed by atoms with E-state index in [1.165, 1.54) is 5.56 Å². The number of ether oxygens (including phenoxy) is 1. The molecule has 0 spiro atoms. The van der Waals surface area contributed by atoms with Crippen molar-refractivity contribution in [2.45, 2.75) is 50.7 Å². The van der Waals surface area contributed by atoms with E-state index >= 15 is 0 Å². The van der Waals surface area contributed by atoms with Crippen molar-refractivity contribution in [1.82, 2.24) is 15.3 Å². The molecule has 1 saturated heterocycles. The zero-order valence-electron chi connectivity index (χ0n) is 16.6. The van der Waals surface area contributed by atoms with Crippen molar-refractivity contribution in [2.24, 2.45) is 0 Å². The number of fused-ring (bicyclic) bond motifs is 1. The molecule has 0 bridgehead atoms. The summed E-state index contributed by atoms with van der Waals surface area (Å²) in [5.41, 5.74) is 2.32. The summed E-state index contributed by atoms with van der Waals surface area (Å²) in [6.07, 6.45) is 4.62. The summed E-state index contributed by atoms with van der Waals surface area (Å²) < 4.78 is 4.97. The number of aryl methyl sites for hydroxylation is 1. The summed E-state index contributed by atoms with van der Waals surface area (Å²) in [6.45, 7) is 1.57. The maximum absolute atomic E-state index is 12.1. The lowest BCUT2D eigenvalue weighted by Crippen LogP contribution is -2.53. The van der Waals surface area contributed by atoms with Crippen LogP contribution in [0.4, 0.5) is 11.8 Å². The number of carbonyl (C=O) groups is 1. The smallest absolute Gasteiger partial charge is 0.227 e. The Hall–Kier alpha value is -1.93. The van der Waals surface area contributed by atoms with Gasteiger partial charge in [-0.1, -0.05) is 0 Å². The molecule has 1 aromatic rings. The zero-order valence-corrected chi connectivity index (χ0v) is 16.6. The number of nitrogens with zero attached hydrogens (tertiary/aromatic N) is 4. The summed E-state index contributed by atoms with van der Waals surface area (Å²) >= 11 is 0. The van der Waals surface area contributed by atoms with Crippen molar-refractivity contribution in [3.8, 4) is 0 Å². The molecule has 2 heterocycles. The highest BCUT2D eigenvalue weighted by molar-refractivity contribution is 5.76. The second-order valence-corrected chi connectivity index (χ2v) is 7.68. The Kier molecular flexibility index (Phi) is 6.49. The van der Waals surface area contributed by atoms with Crippen LogP contribution in [-0.4, -0.2) is 74.0 Å². The molecule has 3 rings (SSSR count). The van der Waals surface area contributed by atoms with Gasteiger partial charge in [0.1, 0.15) is 5.82 Å². The van der Waals surface area contributed by atoms with E-state index in [2.05, 4.69) is 10.2 Å². The minimum atomic E-state index is -0.497. The van der Waals surface area contributed by atoms with E-state index in [1.54, 1.807) is 7.11 Å². The Morgan fingerprint density at radius 2 is 2.07 bits per heavy atom. The first-order valence-electron chi connectivity index (χ1n) is 9.76. The molecule has 1 aliphatic carbocycles. The molecule has 8 heteroatoms. The minimum Gasteiger partial charge on any atom is -0.391 e. The Bertz CT molecular complexity index is 667. The highest BCUT2D eigenvalue weighted by atomic mass is 16.5. The van der Waals surface area contributed by atoms with Crippen LogP contribution in [0, 0.1) is 0 Å². The fraction of sp³-hybridized carbons (Fsp3) is 0.737. The number of β-amino-alcohol motifs (C(OH)–C–C–N with tert-alkyl or cyclic N) is 1. The fourth-order valence-electron chi connectivity index (χ4n) is 3.87. The van der Waals surface area contributed by atoms with Crippen LogP contribution >= 0.6 is 0 Å². The highest BCUT2D eigenvalue weighted by Crippen LogP contribution is 2.31. The van der Waals surface area contributed by atoms with Crippen LogP contribution in [0.15, 0.2) is 0 Å². The number of aliphatic hydroxyl groups excluding tert-OH is 1. The van der Waals surface area contributed by atoms with Crippen LogP contribution in [0.1, 0.15) is 36.9 Å². The average molecular weight is 377 g/mol. The number of carbonyl (C=O) groups excluding carboxylic acids is 1. The van der Waals surface area contributed by atoms with E-state index in [-0.39, 0.29) is 11.9 Å². The number of anilines is 2. The van der Waals surface area contributed by atoms with Crippen molar-refractivity contribution >= 4 is 17.7 Å². The zero-order chi connectivity index (χ0) is 19.4. The molecular formula is C19H31N5O3. The first-order chi connectivity index (χ1) is 13.0. The molecule has 150 valence electrons. The second-order valence-electron chi connectivity index (χ2n) is 7.68. The Morgan fingerprint density at radius 1 is 1.30 bits per heavy atom. The maximum atomic E-state index is 12.1. The van der Waals surface area contributed by atoms with Crippen molar-refractivity contribution in [3.05, 3.63) is 11.3 Å². The topological polar surface area (TPSA) is 90.8 Å². The van der Waals surface area contributed by atoms with Crippen LogP contribution < -0.4 is 15.1 Å². The van der Waals surface area contributed by atoms with Gasteiger partial charge in [0.25, 0.3) is 0 Å². The third-order valence-corrected chi connectivity index (χ3v) is 5.18. The highest BCUT2D eigenvalue weighted by Gasteiger charge is 2.31.